The third-order valence-electron chi connectivity index (χ3n) is 4.23. The van der Waals surface area contributed by atoms with Crippen LogP contribution in [0.25, 0.3) is 11.4 Å². The van der Waals surface area contributed by atoms with Crippen LogP contribution in [0.1, 0.15) is 37.4 Å². The zero-order valence-corrected chi connectivity index (χ0v) is 12.3. The average Bonchev–Trinajstić information content (AvgIpc) is 3.06. The lowest BCUT2D eigenvalue weighted by atomic mass is 10.1. The summed E-state index contributed by atoms with van der Waals surface area (Å²) in [4.78, 5) is 16.7. The van der Waals surface area contributed by atoms with Crippen LogP contribution < -0.4 is 10.6 Å². The summed E-state index contributed by atoms with van der Waals surface area (Å²) in [5, 5.41) is 13.5. The van der Waals surface area contributed by atoms with E-state index in [1.54, 1.807) is 0 Å². The topological polar surface area (TPSA) is 82.7 Å². The maximum atomic E-state index is 12.2. The predicted octanol–water partition coefficient (Wildman–Crippen LogP) is 2.04. The highest BCUT2D eigenvalue weighted by Crippen LogP contribution is 2.38. The minimum Gasteiger partial charge on any atom is -0.325 e. The van der Waals surface area contributed by atoms with Crippen LogP contribution in [0, 0.1) is 0 Å². The fourth-order valence-corrected chi connectivity index (χ4v) is 2.82. The molecule has 1 aromatic heterocycles. The molecule has 4 rings (SSSR count). The lowest BCUT2D eigenvalue weighted by Gasteiger charge is -2.11. The van der Waals surface area contributed by atoms with E-state index < -0.39 is 0 Å². The molecule has 1 amide bonds. The minimum atomic E-state index is -0.0753. The van der Waals surface area contributed by atoms with Crippen molar-refractivity contribution in [2.24, 2.45) is 0 Å². The van der Waals surface area contributed by atoms with Gasteiger partial charge in [-0.3, -0.25) is 9.89 Å². The van der Waals surface area contributed by atoms with E-state index in [9.17, 15) is 4.79 Å². The molecule has 1 aliphatic carbocycles. The van der Waals surface area contributed by atoms with Crippen molar-refractivity contribution in [1.82, 2.24) is 20.5 Å². The maximum Gasteiger partial charge on any atom is 0.241 e. The number of nitrogens with one attached hydrogen (secondary N) is 3. The van der Waals surface area contributed by atoms with Crippen LogP contribution in [0.4, 0.5) is 5.69 Å². The van der Waals surface area contributed by atoms with Gasteiger partial charge >= 0.3 is 0 Å². The van der Waals surface area contributed by atoms with Crippen LogP contribution in [0.15, 0.2) is 24.3 Å². The molecule has 1 unspecified atom stereocenters. The Morgan fingerprint density at radius 2 is 2.18 bits per heavy atom. The van der Waals surface area contributed by atoms with Crippen LogP contribution in [-0.2, 0) is 4.79 Å². The van der Waals surface area contributed by atoms with Gasteiger partial charge in [-0.05, 0) is 44.4 Å². The summed E-state index contributed by atoms with van der Waals surface area (Å²) in [7, 11) is 0. The predicted molar refractivity (Wildman–Crippen MR) is 83.4 cm³/mol. The third-order valence-corrected chi connectivity index (χ3v) is 4.23. The highest BCUT2D eigenvalue weighted by molar-refractivity contribution is 5.95. The Labute approximate surface area is 128 Å². The number of rotatable bonds is 4. The number of carbonyl (C=O) groups is 1. The van der Waals surface area contributed by atoms with Gasteiger partial charge in [0.25, 0.3) is 0 Å². The number of hydrogen-bond acceptors (Lipinski definition) is 4. The Balaban J connectivity index is 1.50. The maximum absolute atomic E-state index is 12.2. The molecule has 6 heteroatoms. The van der Waals surface area contributed by atoms with Crippen molar-refractivity contribution in [2.75, 3.05) is 11.9 Å². The van der Waals surface area contributed by atoms with E-state index in [-0.39, 0.29) is 11.9 Å². The second-order valence-electron chi connectivity index (χ2n) is 6.04. The fourth-order valence-electron chi connectivity index (χ4n) is 2.82. The monoisotopic (exact) mass is 297 g/mol. The smallest absolute Gasteiger partial charge is 0.241 e. The molecule has 22 heavy (non-hydrogen) atoms. The van der Waals surface area contributed by atoms with Crippen molar-refractivity contribution in [2.45, 2.75) is 37.6 Å². The van der Waals surface area contributed by atoms with Gasteiger partial charge < -0.3 is 10.6 Å². The highest BCUT2D eigenvalue weighted by atomic mass is 16.2. The summed E-state index contributed by atoms with van der Waals surface area (Å²) in [5.41, 5.74) is 1.70. The molecule has 2 heterocycles. The molecule has 1 saturated heterocycles. The Hall–Kier alpha value is -2.21. The SMILES string of the molecule is O=C(Nc1cccc(-c2n[nH]c(C3CC3)n2)c1)C1CCCN1. The Morgan fingerprint density at radius 3 is 2.95 bits per heavy atom. The lowest BCUT2D eigenvalue weighted by Crippen LogP contribution is -2.35. The Bertz CT molecular complexity index is 685. The molecular weight excluding hydrogens is 278 g/mol. The molecular formula is C16H19N5O. The average molecular weight is 297 g/mol. The zero-order valence-electron chi connectivity index (χ0n) is 12.3. The molecule has 6 nitrogen and oxygen atoms in total. The van der Waals surface area contributed by atoms with Gasteiger partial charge in [-0.2, -0.15) is 5.10 Å². The second kappa shape index (κ2) is 5.53. The fraction of sp³-hybridized carbons (Fsp3) is 0.438. The normalized spacial score (nSPS) is 21.0. The quantitative estimate of drug-likeness (QED) is 0.806. The number of nitrogens with zero attached hydrogens (tertiary/aromatic N) is 2. The number of aromatic nitrogens is 3. The lowest BCUT2D eigenvalue weighted by molar-refractivity contribution is -0.117. The van der Waals surface area contributed by atoms with E-state index >= 15 is 0 Å². The number of carbonyl (C=O) groups excluding carboxylic acids is 1. The molecule has 1 aromatic carbocycles. The molecule has 0 spiro atoms. The van der Waals surface area contributed by atoms with Gasteiger partial charge in [-0.1, -0.05) is 12.1 Å². The molecule has 0 bridgehead atoms. The molecule has 1 saturated carbocycles. The van der Waals surface area contributed by atoms with Gasteiger partial charge in [0.2, 0.25) is 5.91 Å². The van der Waals surface area contributed by atoms with Crippen molar-refractivity contribution in [1.29, 1.82) is 0 Å². The van der Waals surface area contributed by atoms with Gasteiger partial charge in [0, 0.05) is 17.2 Å². The molecule has 2 aliphatic rings. The summed E-state index contributed by atoms with van der Waals surface area (Å²) in [6, 6.07) is 7.62. The highest BCUT2D eigenvalue weighted by Gasteiger charge is 2.27. The molecule has 1 aliphatic heterocycles. The molecule has 2 fully saturated rings. The number of hydrogen-bond donors (Lipinski definition) is 3. The number of benzene rings is 1. The summed E-state index contributed by atoms with van der Waals surface area (Å²) in [6.45, 7) is 0.916. The van der Waals surface area contributed by atoms with Gasteiger partial charge in [0.05, 0.1) is 6.04 Å². The first-order chi connectivity index (χ1) is 10.8. The van der Waals surface area contributed by atoms with Crippen molar-refractivity contribution in [3.63, 3.8) is 0 Å². The Morgan fingerprint density at radius 1 is 1.27 bits per heavy atom. The second-order valence-corrected chi connectivity index (χ2v) is 6.04. The van der Waals surface area contributed by atoms with E-state index in [0.29, 0.717) is 11.7 Å². The molecule has 1 atom stereocenters. The Kier molecular flexibility index (Phi) is 3.38. The van der Waals surface area contributed by atoms with Crippen LogP contribution in [-0.4, -0.2) is 33.7 Å². The largest absolute Gasteiger partial charge is 0.325 e. The summed E-state index contributed by atoms with van der Waals surface area (Å²) in [5.74, 6) is 2.25. The van der Waals surface area contributed by atoms with E-state index in [2.05, 4.69) is 25.8 Å². The third kappa shape index (κ3) is 2.74. The van der Waals surface area contributed by atoms with Crippen molar-refractivity contribution >= 4 is 11.6 Å². The number of aromatic amines is 1. The van der Waals surface area contributed by atoms with Gasteiger partial charge in [-0.15, -0.1) is 0 Å². The van der Waals surface area contributed by atoms with Crippen molar-refractivity contribution in [3.8, 4) is 11.4 Å². The van der Waals surface area contributed by atoms with E-state index in [0.717, 1.165) is 36.5 Å². The summed E-state index contributed by atoms with van der Waals surface area (Å²) < 4.78 is 0. The molecule has 0 radical (unpaired) electrons. The molecule has 2 aromatic rings. The zero-order chi connectivity index (χ0) is 14.9. The molecule has 3 N–H and O–H groups in total. The first-order valence-corrected chi connectivity index (χ1v) is 7.86. The minimum absolute atomic E-state index is 0.0308. The van der Waals surface area contributed by atoms with E-state index in [1.807, 2.05) is 24.3 Å². The summed E-state index contributed by atoms with van der Waals surface area (Å²) in [6.07, 6.45) is 4.34. The van der Waals surface area contributed by atoms with Crippen LogP contribution in [0.3, 0.4) is 0 Å². The van der Waals surface area contributed by atoms with E-state index in [1.165, 1.54) is 12.8 Å². The first-order valence-electron chi connectivity index (χ1n) is 7.86. The standard InChI is InChI=1S/C16H19N5O/c22-16(13-5-2-8-17-13)18-12-4-1-3-11(9-12)15-19-14(20-21-15)10-6-7-10/h1,3-4,9-10,13,17H,2,5-8H2,(H,18,22)(H,19,20,21). The van der Waals surface area contributed by atoms with Gasteiger partial charge in [-0.25, -0.2) is 4.98 Å². The summed E-state index contributed by atoms with van der Waals surface area (Å²) >= 11 is 0. The van der Waals surface area contributed by atoms with Crippen molar-refractivity contribution < 1.29 is 4.79 Å². The van der Waals surface area contributed by atoms with Crippen LogP contribution >= 0.6 is 0 Å². The van der Waals surface area contributed by atoms with Crippen LogP contribution in [0.5, 0.6) is 0 Å². The van der Waals surface area contributed by atoms with Gasteiger partial charge in [0.15, 0.2) is 5.82 Å². The van der Waals surface area contributed by atoms with Crippen LogP contribution in [0.2, 0.25) is 0 Å². The van der Waals surface area contributed by atoms with Gasteiger partial charge in [0.1, 0.15) is 5.82 Å². The number of amides is 1. The van der Waals surface area contributed by atoms with E-state index in [4.69, 9.17) is 0 Å². The number of anilines is 1. The number of H-pyrrole nitrogens is 1. The molecule has 114 valence electrons. The van der Waals surface area contributed by atoms with Crippen molar-refractivity contribution in [3.05, 3.63) is 30.1 Å². The first kappa shape index (κ1) is 13.5.